The molecule has 1 saturated carbocycles. The lowest BCUT2D eigenvalue weighted by molar-refractivity contribution is -0.115. The second kappa shape index (κ2) is 5.60. The van der Waals surface area contributed by atoms with Gasteiger partial charge in [-0.1, -0.05) is 13.8 Å². The number of hydrogen-bond donors (Lipinski definition) is 2. The second-order valence-corrected chi connectivity index (χ2v) is 7.74. The van der Waals surface area contributed by atoms with Crippen LogP contribution in [0.3, 0.4) is 0 Å². The lowest BCUT2D eigenvalue weighted by Gasteiger charge is -2.56. The van der Waals surface area contributed by atoms with E-state index in [1.54, 1.807) is 12.4 Å². The summed E-state index contributed by atoms with van der Waals surface area (Å²) >= 11 is 0. The maximum Gasteiger partial charge on any atom is 0.290 e. The van der Waals surface area contributed by atoms with Crippen LogP contribution in [0.1, 0.15) is 33.1 Å². The minimum atomic E-state index is -0.0959. The number of anilines is 1. The molecular weight excluding hydrogens is 292 g/mol. The number of aromatic nitrogens is 2. The first-order valence-corrected chi connectivity index (χ1v) is 8.73. The fraction of sp³-hybridized carbons (Fsp3) is 0.765. The van der Waals surface area contributed by atoms with Crippen molar-refractivity contribution in [1.29, 1.82) is 0 Å². The Kier molecular flexibility index (Phi) is 3.69. The van der Waals surface area contributed by atoms with Crippen LogP contribution in [0, 0.1) is 11.3 Å². The normalized spacial score (nSPS) is 35.7. The molecule has 0 aromatic carbocycles. The predicted octanol–water partition coefficient (Wildman–Crippen LogP) is 1.14. The minimum absolute atomic E-state index is 0.0959. The van der Waals surface area contributed by atoms with Crippen LogP contribution < -0.4 is 15.8 Å². The largest absolute Gasteiger partial charge is 0.377 e. The molecule has 0 bridgehead atoms. The molecule has 0 spiro atoms. The van der Waals surface area contributed by atoms with Gasteiger partial charge in [0.25, 0.3) is 5.56 Å². The number of fused-ring (bicyclic) bond motifs is 1. The number of hydrogen-bond acceptors (Lipinski definition) is 5. The number of aromatic amines is 1. The van der Waals surface area contributed by atoms with E-state index in [1.165, 1.54) is 6.42 Å². The number of H-pyrrole nitrogens is 1. The van der Waals surface area contributed by atoms with Gasteiger partial charge in [-0.2, -0.15) is 0 Å². The quantitative estimate of drug-likeness (QED) is 0.875. The highest BCUT2D eigenvalue weighted by molar-refractivity contribution is 5.36. The van der Waals surface area contributed by atoms with Gasteiger partial charge in [0.15, 0.2) is 5.82 Å². The van der Waals surface area contributed by atoms with Gasteiger partial charge in [0.2, 0.25) is 0 Å². The molecule has 1 aromatic heterocycles. The second-order valence-electron chi connectivity index (χ2n) is 7.74. The highest BCUT2D eigenvalue weighted by atomic mass is 16.5. The van der Waals surface area contributed by atoms with Gasteiger partial charge in [-0.25, -0.2) is 4.98 Å². The van der Waals surface area contributed by atoms with Crippen LogP contribution in [0.2, 0.25) is 0 Å². The van der Waals surface area contributed by atoms with Crippen molar-refractivity contribution in [2.24, 2.45) is 11.3 Å². The zero-order valence-corrected chi connectivity index (χ0v) is 13.9. The number of ether oxygens (including phenoxy) is 1. The average molecular weight is 318 g/mol. The molecule has 0 radical (unpaired) electrons. The van der Waals surface area contributed by atoms with E-state index in [9.17, 15) is 4.79 Å². The maximum atomic E-state index is 12.0. The summed E-state index contributed by atoms with van der Waals surface area (Å²) in [6, 6.07) is 0.929. The van der Waals surface area contributed by atoms with Crippen molar-refractivity contribution in [1.82, 2.24) is 15.3 Å². The molecule has 3 fully saturated rings. The predicted molar refractivity (Wildman–Crippen MR) is 88.6 cm³/mol. The molecule has 3 heterocycles. The third kappa shape index (κ3) is 2.48. The van der Waals surface area contributed by atoms with Gasteiger partial charge in [0, 0.05) is 55.5 Å². The molecule has 2 aliphatic heterocycles. The Hall–Kier alpha value is -1.40. The molecule has 6 nitrogen and oxygen atoms in total. The fourth-order valence-electron chi connectivity index (χ4n) is 4.79. The molecule has 3 aliphatic rings. The van der Waals surface area contributed by atoms with Crippen molar-refractivity contribution in [2.45, 2.75) is 51.3 Å². The first-order valence-electron chi connectivity index (χ1n) is 8.73. The molecule has 1 aromatic rings. The molecule has 4 atom stereocenters. The number of nitrogens with one attached hydrogen (secondary N) is 2. The summed E-state index contributed by atoms with van der Waals surface area (Å²) in [6.45, 7) is 7.27. The minimum Gasteiger partial charge on any atom is -0.377 e. The van der Waals surface area contributed by atoms with Crippen LogP contribution in [0.25, 0.3) is 0 Å². The molecule has 1 aliphatic carbocycles. The van der Waals surface area contributed by atoms with Crippen molar-refractivity contribution in [2.75, 3.05) is 24.6 Å². The van der Waals surface area contributed by atoms with E-state index in [0.29, 0.717) is 29.9 Å². The van der Waals surface area contributed by atoms with E-state index in [4.69, 9.17) is 4.74 Å². The van der Waals surface area contributed by atoms with Gasteiger partial charge >= 0.3 is 0 Å². The van der Waals surface area contributed by atoms with Gasteiger partial charge in [0.05, 0.1) is 6.10 Å². The maximum absolute atomic E-state index is 12.0. The fourth-order valence-corrected chi connectivity index (χ4v) is 4.79. The third-order valence-electron chi connectivity index (χ3n) is 5.93. The van der Waals surface area contributed by atoms with Crippen molar-refractivity contribution in [3.05, 3.63) is 22.7 Å². The monoisotopic (exact) mass is 318 g/mol. The number of rotatable bonds is 3. The van der Waals surface area contributed by atoms with Gasteiger partial charge in [-0.05, 0) is 19.3 Å². The summed E-state index contributed by atoms with van der Waals surface area (Å²) in [4.78, 5) is 21.1. The van der Waals surface area contributed by atoms with Gasteiger partial charge in [0.1, 0.15) is 0 Å². The summed E-state index contributed by atoms with van der Waals surface area (Å²) < 4.78 is 5.89. The van der Waals surface area contributed by atoms with E-state index in [2.05, 4.69) is 34.0 Å². The Balaban J connectivity index is 1.44. The molecule has 0 amide bonds. The Morgan fingerprint density at radius 2 is 2.30 bits per heavy atom. The molecular formula is C17H26N4O2. The summed E-state index contributed by atoms with van der Waals surface area (Å²) in [6.07, 6.45) is 7.07. The molecule has 23 heavy (non-hydrogen) atoms. The van der Waals surface area contributed by atoms with Crippen molar-refractivity contribution >= 4 is 5.82 Å². The van der Waals surface area contributed by atoms with E-state index in [1.807, 2.05) is 0 Å². The van der Waals surface area contributed by atoms with Gasteiger partial charge in [-0.15, -0.1) is 0 Å². The van der Waals surface area contributed by atoms with Gasteiger partial charge < -0.3 is 19.9 Å². The number of piperidine rings is 1. The van der Waals surface area contributed by atoms with Crippen LogP contribution in [0.4, 0.5) is 5.82 Å². The van der Waals surface area contributed by atoms with E-state index in [-0.39, 0.29) is 11.0 Å². The standard InChI is InChI=1S/C17H26N4O2/c1-17(2)13(12-5-9-23-14(12)17)20-11-4-3-8-21(10-11)15-16(22)19-7-6-18-15/h6-7,11-14,20H,3-5,8-10H2,1-2H3,(H,19,22)/t11-,12-,13-,14+/m1/s1. The molecule has 2 N–H and O–H groups in total. The summed E-state index contributed by atoms with van der Waals surface area (Å²) in [5, 5.41) is 3.87. The number of nitrogens with zero attached hydrogens (tertiary/aromatic N) is 2. The highest BCUT2D eigenvalue weighted by Gasteiger charge is 2.59. The topological polar surface area (TPSA) is 70.2 Å². The molecule has 126 valence electrons. The first-order chi connectivity index (χ1) is 11.1. The Morgan fingerprint density at radius 1 is 1.43 bits per heavy atom. The van der Waals surface area contributed by atoms with E-state index >= 15 is 0 Å². The highest BCUT2D eigenvalue weighted by Crippen LogP contribution is 2.52. The van der Waals surface area contributed by atoms with E-state index < -0.39 is 0 Å². The van der Waals surface area contributed by atoms with Crippen molar-refractivity contribution in [3.63, 3.8) is 0 Å². The lowest BCUT2D eigenvalue weighted by atomic mass is 9.57. The van der Waals surface area contributed by atoms with Crippen LogP contribution in [0.5, 0.6) is 0 Å². The molecule has 0 unspecified atom stereocenters. The molecule has 4 rings (SSSR count). The smallest absolute Gasteiger partial charge is 0.290 e. The van der Waals surface area contributed by atoms with Gasteiger partial charge in [-0.3, -0.25) is 4.79 Å². The van der Waals surface area contributed by atoms with Crippen LogP contribution in [-0.4, -0.2) is 47.9 Å². The lowest BCUT2D eigenvalue weighted by Crippen LogP contribution is -2.68. The summed E-state index contributed by atoms with van der Waals surface area (Å²) in [7, 11) is 0. The van der Waals surface area contributed by atoms with Crippen LogP contribution >= 0.6 is 0 Å². The van der Waals surface area contributed by atoms with Crippen molar-refractivity contribution < 1.29 is 4.74 Å². The summed E-state index contributed by atoms with van der Waals surface area (Å²) in [5.74, 6) is 1.20. The van der Waals surface area contributed by atoms with E-state index in [0.717, 1.165) is 32.5 Å². The third-order valence-corrected chi connectivity index (χ3v) is 5.93. The zero-order chi connectivity index (χ0) is 16.0. The van der Waals surface area contributed by atoms with Crippen LogP contribution in [-0.2, 0) is 4.74 Å². The molecule has 6 heteroatoms. The Bertz CT molecular complexity index is 629. The van der Waals surface area contributed by atoms with Crippen LogP contribution in [0.15, 0.2) is 17.2 Å². The average Bonchev–Trinajstić information content (AvgIpc) is 3.00. The Morgan fingerprint density at radius 3 is 3.13 bits per heavy atom. The van der Waals surface area contributed by atoms with Crippen molar-refractivity contribution in [3.8, 4) is 0 Å². The SMILES string of the molecule is CC1(C)[C@H](N[C@@H]2CCCN(c3ncc[nH]c3=O)C2)[C@H]2CCO[C@@H]21. The molecule has 2 saturated heterocycles. The zero-order valence-electron chi connectivity index (χ0n) is 13.9. The first kappa shape index (κ1) is 15.1. The summed E-state index contributed by atoms with van der Waals surface area (Å²) in [5.41, 5.74) is 0.104. The Labute approximate surface area is 136 Å².